The van der Waals surface area contributed by atoms with Gasteiger partial charge in [-0.25, -0.2) is 4.98 Å². The number of anilines is 1. The van der Waals surface area contributed by atoms with E-state index in [0.717, 1.165) is 33.6 Å². The van der Waals surface area contributed by atoms with Crippen molar-refractivity contribution in [1.82, 2.24) is 14.5 Å². The lowest BCUT2D eigenvalue weighted by molar-refractivity contribution is -0.137. The van der Waals surface area contributed by atoms with Crippen LogP contribution in [0.5, 0.6) is 0 Å². The number of aromatic nitrogens is 2. The number of carbonyl (C=O) groups is 3. The number of nitrogens with one attached hydrogen (secondary N) is 1. The van der Waals surface area contributed by atoms with Crippen LogP contribution in [0.2, 0.25) is 10.0 Å². The van der Waals surface area contributed by atoms with E-state index in [4.69, 9.17) is 28.3 Å². The molecule has 1 aliphatic heterocycles. The molecule has 0 saturated carbocycles. The lowest BCUT2D eigenvalue weighted by Crippen LogP contribution is -2.31. The minimum atomic E-state index is -0.850. The number of para-hydroxylation sites is 1. The zero-order valence-electron chi connectivity index (χ0n) is 21.1. The highest BCUT2D eigenvalue weighted by Crippen LogP contribution is 2.36. The van der Waals surface area contributed by atoms with E-state index in [9.17, 15) is 14.4 Å². The molecule has 2 amide bonds. The fourth-order valence-corrected chi connectivity index (χ4v) is 6.47. The smallest absolute Gasteiger partial charge is 0.303 e. The molecule has 4 aromatic rings. The van der Waals surface area contributed by atoms with Gasteiger partial charge in [0.05, 0.1) is 35.2 Å². The molecule has 0 radical (unpaired) electrons. The van der Waals surface area contributed by atoms with Gasteiger partial charge in [0.15, 0.2) is 0 Å². The highest BCUT2D eigenvalue weighted by atomic mass is 35.5. The average Bonchev–Trinajstić information content (AvgIpc) is 3.64. The molecule has 11 heteroatoms. The number of hydrogen-bond donors (Lipinski definition) is 2. The van der Waals surface area contributed by atoms with Gasteiger partial charge in [-0.1, -0.05) is 41.4 Å². The molecule has 1 saturated heterocycles. The molecule has 0 spiro atoms. The molecule has 3 heterocycles. The van der Waals surface area contributed by atoms with E-state index in [1.54, 1.807) is 29.4 Å². The first-order chi connectivity index (χ1) is 18.7. The van der Waals surface area contributed by atoms with Crippen molar-refractivity contribution in [2.75, 3.05) is 11.9 Å². The average molecular weight is 586 g/mol. The maximum absolute atomic E-state index is 13.3. The topological polar surface area (TPSA) is 105 Å². The third kappa shape index (κ3) is 5.80. The standard InChI is InChI=1S/C28H26Cl2N4O4S/c1-33-15-19(18-5-2-3-6-23(18)33)27(38)32-22-13-20(29)16(11-21(22)30)12-25(35)34-10-4-7-24(34)28-31-14-17(39-28)8-9-26(36)37/h2-3,5-6,11,13-15,24H,4,7-10,12H2,1H3,(H,32,38)(H,36,37)/t24-/m0/s1. The van der Waals surface area contributed by atoms with Crippen molar-refractivity contribution in [3.63, 3.8) is 0 Å². The minimum absolute atomic E-state index is 0.0482. The summed E-state index contributed by atoms with van der Waals surface area (Å²) in [6, 6.07) is 10.7. The van der Waals surface area contributed by atoms with E-state index in [2.05, 4.69) is 10.3 Å². The summed E-state index contributed by atoms with van der Waals surface area (Å²) in [5.41, 5.74) is 2.40. The van der Waals surface area contributed by atoms with Crippen molar-refractivity contribution in [2.45, 2.75) is 38.1 Å². The van der Waals surface area contributed by atoms with Crippen LogP contribution in [0.4, 0.5) is 5.69 Å². The summed E-state index contributed by atoms with van der Waals surface area (Å²) in [4.78, 5) is 44.4. The van der Waals surface area contributed by atoms with Crippen molar-refractivity contribution in [1.29, 1.82) is 0 Å². The van der Waals surface area contributed by atoms with E-state index in [-0.39, 0.29) is 35.7 Å². The van der Waals surface area contributed by atoms with Crippen LogP contribution < -0.4 is 5.32 Å². The zero-order valence-corrected chi connectivity index (χ0v) is 23.4. The SMILES string of the molecule is Cn1cc(C(=O)Nc2cc(Cl)c(CC(=O)N3CCC[C@H]3c3ncc(CCC(=O)O)s3)cc2Cl)c2ccccc21. The first-order valence-corrected chi connectivity index (χ1v) is 14.1. The largest absolute Gasteiger partial charge is 0.481 e. The van der Waals surface area contributed by atoms with Gasteiger partial charge >= 0.3 is 5.97 Å². The fourth-order valence-electron chi connectivity index (χ4n) is 4.94. The Bertz CT molecular complexity index is 1580. The van der Waals surface area contributed by atoms with Gasteiger partial charge in [0.2, 0.25) is 5.91 Å². The first-order valence-electron chi connectivity index (χ1n) is 12.5. The summed E-state index contributed by atoms with van der Waals surface area (Å²) >= 11 is 14.5. The van der Waals surface area contributed by atoms with Crippen LogP contribution in [0.3, 0.4) is 0 Å². The van der Waals surface area contributed by atoms with Gasteiger partial charge in [0.1, 0.15) is 5.01 Å². The third-order valence-corrected chi connectivity index (χ3v) is 8.71. The Hall–Kier alpha value is -3.40. The second-order valence-electron chi connectivity index (χ2n) is 9.53. The molecule has 1 atom stereocenters. The number of thiazole rings is 1. The Morgan fingerprint density at radius 1 is 1.18 bits per heavy atom. The number of aryl methyl sites for hydroxylation is 2. The van der Waals surface area contributed by atoms with Gasteiger partial charge in [-0.2, -0.15) is 0 Å². The van der Waals surface area contributed by atoms with Crippen molar-refractivity contribution in [3.05, 3.63) is 79.8 Å². The number of amides is 2. The molecule has 202 valence electrons. The summed E-state index contributed by atoms with van der Waals surface area (Å²) in [5.74, 6) is -1.25. The highest BCUT2D eigenvalue weighted by Gasteiger charge is 2.32. The number of carbonyl (C=O) groups excluding carboxylic acids is 2. The predicted octanol–water partition coefficient (Wildman–Crippen LogP) is 6.12. The van der Waals surface area contributed by atoms with E-state index >= 15 is 0 Å². The quantitative estimate of drug-likeness (QED) is 0.259. The number of benzene rings is 2. The van der Waals surface area contributed by atoms with Crippen LogP contribution in [-0.2, 0) is 29.5 Å². The number of nitrogens with zero attached hydrogens (tertiary/aromatic N) is 3. The predicted molar refractivity (Wildman–Crippen MR) is 153 cm³/mol. The minimum Gasteiger partial charge on any atom is -0.481 e. The summed E-state index contributed by atoms with van der Waals surface area (Å²) in [5, 5.41) is 14.1. The second-order valence-corrected chi connectivity index (χ2v) is 11.5. The van der Waals surface area contributed by atoms with Gasteiger partial charge in [-0.15, -0.1) is 11.3 Å². The Labute approximate surface area is 239 Å². The maximum atomic E-state index is 13.3. The first kappa shape index (κ1) is 27.2. The summed E-state index contributed by atoms with van der Waals surface area (Å²) in [6.45, 7) is 0.609. The Kier molecular flexibility index (Phi) is 7.93. The number of carboxylic acid groups (broad SMARTS) is 1. The molecular weight excluding hydrogens is 559 g/mol. The molecule has 0 bridgehead atoms. The number of likely N-dealkylation sites (tertiary alicyclic amines) is 1. The number of halogens is 2. The van der Waals surface area contributed by atoms with Crippen molar-refractivity contribution in [2.24, 2.45) is 7.05 Å². The van der Waals surface area contributed by atoms with Crippen LogP contribution in [0.25, 0.3) is 10.9 Å². The van der Waals surface area contributed by atoms with Crippen molar-refractivity contribution >= 4 is 68.9 Å². The van der Waals surface area contributed by atoms with Crippen LogP contribution in [-0.4, -0.2) is 43.9 Å². The van der Waals surface area contributed by atoms with Gasteiger partial charge in [-0.3, -0.25) is 14.4 Å². The normalized spacial score (nSPS) is 15.2. The van der Waals surface area contributed by atoms with Crippen molar-refractivity contribution < 1.29 is 19.5 Å². The molecule has 1 aliphatic rings. The monoisotopic (exact) mass is 584 g/mol. The molecule has 8 nitrogen and oxygen atoms in total. The number of carboxylic acids is 1. The molecule has 0 aliphatic carbocycles. The number of hydrogen-bond acceptors (Lipinski definition) is 5. The van der Waals surface area contributed by atoms with Crippen LogP contribution >= 0.6 is 34.5 Å². The van der Waals surface area contributed by atoms with Crippen LogP contribution in [0.1, 0.15) is 51.1 Å². The lowest BCUT2D eigenvalue weighted by Gasteiger charge is -2.23. The van der Waals surface area contributed by atoms with Crippen LogP contribution in [0, 0.1) is 0 Å². The number of aliphatic carboxylic acids is 1. The van der Waals surface area contributed by atoms with Gasteiger partial charge in [0.25, 0.3) is 5.91 Å². The third-order valence-electron chi connectivity index (χ3n) is 6.88. The molecule has 1 fully saturated rings. The van der Waals surface area contributed by atoms with E-state index < -0.39 is 5.97 Å². The van der Waals surface area contributed by atoms with E-state index in [1.165, 1.54) is 11.3 Å². The number of fused-ring (bicyclic) bond motifs is 1. The van der Waals surface area contributed by atoms with E-state index in [0.29, 0.717) is 34.8 Å². The molecule has 2 aromatic carbocycles. The zero-order chi connectivity index (χ0) is 27.7. The Morgan fingerprint density at radius 3 is 2.77 bits per heavy atom. The van der Waals surface area contributed by atoms with Crippen molar-refractivity contribution in [3.8, 4) is 0 Å². The second kappa shape index (κ2) is 11.4. The van der Waals surface area contributed by atoms with E-state index in [1.807, 2.05) is 35.9 Å². The maximum Gasteiger partial charge on any atom is 0.303 e. The summed E-state index contributed by atoms with van der Waals surface area (Å²) < 4.78 is 1.89. The van der Waals surface area contributed by atoms with Gasteiger partial charge in [0, 0.05) is 46.8 Å². The summed E-state index contributed by atoms with van der Waals surface area (Å²) in [7, 11) is 1.88. The lowest BCUT2D eigenvalue weighted by atomic mass is 10.1. The molecule has 2 aromatic heterocycles. The number of rotatable bonds is 8. The van der Waals surface area contributed by atoms with Gasteiger partial charge < -0.3 is 19.9 Å². The molecule has 2 N–H and O–H groups in total. The molecule has 5 rings (SSSR count). The molecular formula is C28H26Cl2N4O4S. The Balaban J connectivity index is 1.28. The Morgan fingerprint density at radius 2 is 1.97 bits per heavy atom. The molecule has 0 unspecified atom stereocenters. The summed E-state index contributed by atoms with van der Waals surface area (Å²) in [6.07, 6.45) is 5.65. The van der Waals surface area contributed by atoms with Gasteiger partial charge in [-0.05, 0) is 43.0 Å². The molecule has 39 heavy (non-hydrogen) atoms. The van der Waals surface area contributed by atoms with Crippen LogP contribution in [0.15, 0.2) is 48.8 Å². The highest BCUT2D eigenvalue weighted by molar-refractivity contribution is 7.11. The fraction of sp³-hybridized carbons (Fsp3) is 0.286.